The number of hydrogen-bond donors (Lipinski definition) is 1. The van der Waals surface area contributed by atoms with E-state index in [0.29, 0.717) is 26.2 Å². The fourth-order valence-electron chi connectivity index (χ4n) is 1.72. The van der Waals surface area contributed by atoms with Crippen LogP contribution < -0.4 is 5.32 Å². The Morgan fingerprint density at radius 1 is 1.28 bits per heavy atom. The van der Waals surface area contributed by atoms with E-state index in [4.69, 9.17) is 4.74 Å². The second-order valence-corrected chi connectivity index (χ2v) is 6.69. The Morgan fingerprint density at radius 3 is 2.56 bits per heavy atom. The molecule has 0 aromatic rings. The van der Waals surface area contributed by atoms with Crippen LogP contribution in [0.2, 0.25) is 0 Å². The zero-order valence-electron chi connectivity index (χ0n) is 10.0. The molecule has 1 heterocycles. The molecule has 0 spiro atoms. The van der Waals surface area contributed by atoms with Crippen molar-refractivity contribution in [3.8, 4) is 0 Å². The molecule has 1 fully saturated rings. The Hall–Kier alpha value is -0.340. The number of hydrogen-bond acceptors (Lipinski definition) is 4. The van der Waals surface area contributed by atoms with E-state index in [9.17, 15) is 21.6 Å². The molecule has 0 aliphatic carbocycles. The monoisotopic (exact) mass is 289 g/mol. The number of ether oxygens (including phenoxy) is 1. The van der Waals surface area contributed by atoms with Gasteiger partial charge in [0.1, 0.15) is 9.84 Å². The van der Waals surface area contributed by atoms with Crippen molar-refractivity contribution in [2.75, 3.05) is 31.3 Å². The number of halogens is 3. The van der Waals surface area contributed by atoms with Crippen molar-refractivity contribution in [1.29, 1.82) is 0 Å². The minimum Gasteiger partial charge on any atom is -0.379 e. The van der Waals surface area contributed by atoms with Crippen molar-refractivity contribution in [2.24, 2.45) is 0 Å². The number of morpholine rings is 1. The number of rotatable bonds is 6. The summed E-state index contributed by atoms with van der Waals surface area (Å²) in [6, 6.07) is -0.0175. The normalized spacial score (nSPS) is 22.1. The maximum atomic E-state index is 11.9. The lowest BCUT2D eigenvalue weighted by Crippen LogP contribution is -2.42. The van der Waals surface area contributed by atoms with Crippen molar-refractivity contribution in [3.05, 3.63) is 0 Å². The van der Waals surface area contributed by atoms with Crippen LogP contribution in [0.25, 0.3) is 0 Å². The maximum Gasteiger partial charge on any atom is 0.389 e. The lowest BCUT2D eigenvalue weighted by Gasteiger charge is -2.23. The summed E-state index contributed by atoms with van der Waals surface area (Å²) in [5.74, 6) is -0.494. The van der Waals surface area contributed by atoms with Crippen LogP contribution in [0.1, 0.15) is 19.3 Å². The first-order valence-electron chi connectivity index (χ1n) is 5.87. The highest BCUT2D eigenvalue weighted by molar-refractivity contribution is 7.91. The molecule has 4 nitrogen and oxygen atoms in total. The lowest BCUT2D eigenvalue weighted by molar-refractivity contribution is -0.134. The van der Waals surface area contributed by atoms with Crippen molar-refractivity contribution in [3.63, 3.8) is 0 Å². The van der Waals surface area contributed by atoms with Crippen LogP contribution in [0, 0.1) is 0 Å². The van der Waals surface area contributed by atoms with Gasteiger partial charge in [-0.3, -0.25) is 0 Å². The van der Waals surface area contributed by atoms with Gasteiger partial charge in [-0.05, 0) is 12.8 Å². The molecule has 0 amide bonds. The van der Waals surface area contributed by atoms with Crippen molar-refractivity contribution in [1.82, 2.24) is 5.32 Å². The summed E-state index contributed by atoms with van der Waals surface area (Å²) in [5, 5.41) is 3.10. The molecule has 1 rings (SSSR count). The average molecular weight is 289 g/mol. The molecule has 0 unspecified atom stereocenters. The summed E-state index contributed by atoms with van der Waals surface area (Å²) in [5.41, 5.74) is 0. The standard InChI is InChI=1S/C10H18F3NO3S/c11-10(12,13)3-1-6-18(15,16)7-2-9-8-17-5-4-14-9/h9,14H,1-8H2/t9-/m1/s1. The molecule has 0 aromatic carbocycles. The fourth-order valence-corrected chi connectivity index (χ4v) is 3.15. The topological polar surface area (TPSA) is 55.4 Å². The van der Waals surface area contributed by atoms with E-state index in [1.807, 2.05) is 0 Å². The second kappa shape index (κ2) is 6.72. The molecule has 0 saturated carbocycles. The zero-order valence-corrected chi connectivity index (χ0v) is 10.8. The third-order valence-electron chi connectivity index (χ3n) is 2.69. The highest BCUT2D eigenvalue weighted by Crippen LogP contribution is 2.21. The van der Waals surface area contributed by atoms with E-state index in [0.717, 1.165) is 0 Å². The van der Waals surface area contributed by atoms with E-state index in [1.54, 1.807) is 0 Å². The second-order valence-electron chi connectivity index (χ2n) is 4.39. The molecule has 18 heavy (non-hydrogen) atoms. The minimum atomic E-state index is -4.28. The van der Waals surface area contributed by atoms with Gasteiger partial charge in [0.2, 0.25) is 0 Å². The van der Waals surface area contributed by atoms with Gasteiger partial charge in [0.25, 0.3) is 0 Å². The largest absolute Gasteiger partial charge is 0.389 e. The molecule has 1 N–H and O–H groups in total. The minimum absolute atomic E-state index is 0.0175. The molecule has 1 aliphatic rings. The third-order valence-corrected chi connectivity index (χ3v) is 4.46. The Balaban J connectivity index is 2.22. The van der Waals surface area contributed by atoms with Crippen LogP contribution in [-0.2, 0) is 14.6 Å². The quantitative estimate of drug-likeness (QED) is 0.796. The number of alkyl halides is 3. The van der Waals surface area contributed by atoms with Crippen LogP contribution in [0.5, 0.6) is 0 Å². The summed E-state index contributed by atoms with van der Waals surface area (Å²) >= 11 is 0. The van der Waals surface area contributed by atoms with Crippen molar-refractivity contribution < 1.29 is 26.3 Å². The van der Waals surface area contributed by atoms with Gasteiger partial charge in [-0.2, -0.15) is 13.2 Å². The average Bonchev–Trinajstić information content (AvgIpc) is 2.26. The Morgan fingerprint density at radius 2 is 2.00 bits per heavy atom. The summed E-state index contributed by atoms with van der Waals surface area (Å²) < 4.78 is 63.9. The molecule has 0 bridgehead atoms. The van der Waals surface area contributed by atoms with Gasteiger partial charge in [0.05, 0.1) is 24.7 Å². The van der Waals surface area contributed by atoms with Crippen molar-refractivity contribution >= 4 is 9.84 Å². The zero-order chi connectivity index (χ0) is 13.6. The summed E-state index contributed by atoms with van der Waals surface area (Å²) in [7, 11) is -3.40. The Kier molecular flexibility index (Phi) is 5.87. The van der Waals surface area contributed by atoms with Gasteiger partial charge < -0.3 is 10.1 Å². The fraction of sp³-hybridized carbons (Fsp3) is 1.00. The van der Waals surface area contributed by atoms with E-state index in [1.165, 1.54) is 0 Å². The summed E-state index contributed by atoms with van der Waals surface area (Å²) in [6.07, 6.45) is -5.31. The van der Waals surface area contributed by atoms with Gasteiger partial charge >= 0.3 is 6.18 Å². The molecule has 1 saturated heterocycles. The van der Waals surface area contributed by atoms with Crippen LogP contribution in [0.3, 0.4) is 0 Å². The van der Waals surface area contributed by atoms with Gasteiger partial charge in [-0.1, -0.05) is 0 Å². The van der Waals surface area contributed by atoms with E-state index in [2.05, 4.69) is 5.32 Å². The molecule has 108 valence electrons. The molecule has 1 atom stereocenters. The first kappa shape index (κ1) is 15.7. The Labute approximate surface area is 105 Å². The van der Waals surface area contributed by atoms with Crippen LogP contribution in [-0.4, -0.2) is 51.9 Å². The molecule has 0 aromatic heterocycles. The van der Waals surface area contributed by atoms with Gasteiger partial charge in [0, 0.05) is 19.0 Å². The first-order chi connectivity index (χ1) is 8.29. The van der Waals surface area contributed by atoms with E-state index >= 15 is 0 Å². The predicted molar refractivity (Wildman–Crippen MR) is 61.2 cm³/mol. The van der Waals surface area contributed by atoms with Gasteiger partial charge in [-0.15, -0.1) is 0 Å². The molecular weight excluding hydrogens is 271 g/mol. The van der Waals surface area contributed by atoms with E-state index < -0.39 is 28.2 Å². The summed E-state index contributed by atoms with van der Waals surface area (Å²) in [6.45, 7) is 1.74. The molecule has 8 heteroatoms. The predicted octanol–water partition coefficient (Wildman–Crippen LogP) is 1.12. The molecule has 1 aliphatic heterocycles. The lowest BCUT2D eigenvalue weighted by atomic mass is 10.2. The van der Waals surface area contributed by atoms with Gasteiger partial charge in [-0.25, -0.2) is 8.42 Å². The van der Waals surface area contributed by atoms with Crippen LogP contribution in [0.15, 0.2) is 0 Å². The smallest absolute Gasteiger partial charge is 0.379 e. The van der Waals surface area contributed by atoms with Crippen LogP contribution in [0.4, 0.5) is 13.2 Å². The highest BCUT2D eigenvalue weighted by atomic mass is 32.2. The Bertz CT molecular complexity index is 337. The SMILES string of the molecule is O=S(=O)(CCCC(F)(F)F)CC[C@@H]1COCCN1. The molecular formula is C10H18F3NO3S. The first-order valence-corrected chi connectivity index (χ1v) is 7.69. The van der Waals surface area contributed by atoms with Gasteiger partial charge in [0.15, 0.2) is 0 Å². The van der Waals surface area contributed by atoms with Crippen LogP contribution >= 0.6 is 0 Å². The highest BCUT2D eigenvalue weighted by Gasteiger charge is 2.27. The number of sulfone groups is 1. The maximum absolute atomic E-state index is 11.9. The van der Waals surface area contributed by atoms with Crippen molar-refractivity contribution in [2.45, 2.75) is 31.5 Å². The number of nitrogens with one attached hydrogen (secondary N) is 1. The third kappa shape index (κ3) is 7.17. The summed E-state index contributed by atoms with van der Waals surface area (Å²) in [4.78, 5) is 0. The molecule has 0 radical (unpaired) electrons. The van der Waals surface area contributed by atoms with E-state index in [-0.39, 0.29) is 18.2 Å².